The molecule has 1 unspecified atom stereocenters. The third-order valence-electron chi connectivity index (χ3n) is 3.14. The number of aliphatic hydroxyl groups is 1. The molecule has 0 bridgehead atoms. The largest absolute Gasteiger partial charge is 0.497 e. The van der Waals surface area contributed by atoms with E-state index in [9.17, 15) is 5.11 Å². The first-order valence-corrected chi connectivity index (χ1v) is 5.94. The van der Waals surface area contributed by atoms with Gasteiger partial charge in [-0.15, -0.1) is 0 Å². The lowest BCUT2D eigenvalue weighted by atomic mass is 9.89. The fourth-order valence-electron chi connectivity index (χ4n) is 1.89. The van der Waals surface area contributed by atoms with E-state index < -0.39 is 5.60 Å². The molecule has 1 atom stereocenters. The molecule has 0 amide bonds. The molecule has 0 aliphatic heterocycles. The number of hydrogen-bond acceptors (Lipinski definition) is 4. The smallest absolute Gasteiger partial charge is 0.137 e. The average Bonchev–Trinajstić information content (AvgIpc) is 2.47. The monoisotopic (exact) mass is 259 g/mol. The van der Waals surface area contributed by atoms with E-state index in [4.69, 9.17) is 9.47 Å². The summed E-state index contributed by atoms with van der Waals surface area (Å²) < 4.78 is 10.3. The Kier molecular flexibility index (Phi) is 3.71. The van der Waals surface area contributed by atoms with Gasteiger partial charge in [0.05, 0.1) is 20.4 Å². The first-order valence-electron chi connectivity index (χ1n) is 5.94. The van der Waals surface area contributed by atoms with Gasteiger partial charge >= 0.3 is 0 Å². The number of nitrogens with zero attached hydrogens (tertiary/aromatic N) is 1. The van der Waals surface area contributed by atoms with Gasteiger partial charge in [-0.05, 0) is 30.7 Å². The van der Waals surface area contributed by atoms with Gasteiger partial charge in [-0.1, -0.05) is 12.1 Å². The van der Waals surface area contributed by atoms with Crippen molar-refractivity contribution in [3.63, 3.8) is 0 Å². The zero-order valence-corrected chi connectivity index (χ0v) is 11.3. The summed E-state index contributed by atoms with van der Waals surface area (Å²) in [7, 11) is 3.17. The van der Waals surface area contributed by atoms with Crippen LogP contribution in [0.3, 0.4) is 0 Å². The van der Waals surface area contributed by atoms with Crippen LogP contribution >= 0.6 is 0 Å². The number of ether oxygens (including phenoxy) is 2. The molecule has 0 fully saturated rings. The Balaban J connectivity index is 2.44. The van der Waals surface area contributed by atoms with Crippen molar-refractivity contribution < 1.29 is 14.6 Å². The van der Waals surface area contributed by atoms with E-state index in [1.807, 2.05) is 18.2 Å². The quantitative estimate of drug-likeness (QED) is 0.915. The van der Waals surface area contributed by atoms with Crippen molar-refractivity contribution in [2.45, 2.75) is 12.5 Å². The molecule has 0 spiro atoms. The van der Waals surface area contributed by atoms with Crippen molar-refractivity contribution in [1.29, 1.82) is 0 Å². The average molecular weight is 259 g/mol. The van der Waals surface area contributed by atoms with Crippen molar-refractivity contribution in [1.82, 2.24) is 4.98 Å². The molecule has 0 saturated carbocycles. The summed E-state index contributed by atoms with van der Waals surface area (Å²) in [5.41, 5.74) is 0.248. The Labute approximate surface area is 112 Å². The molecule has 1 heterocycles. The first-order chi connectivity index (χ1) is 9.07. The van der Waals surface area contributed by atoms with Gasteiger partial charge in [0.15, 0.2) is 0 Å². The zero-order valence-electron chi connectivity index (χ0n) is 11.3. The number of benzene rings is 1. The number of aromatic nitrogens is 1. The second-order valence-electron chi connectivity index (χ2n) is 4.42. The van der Waals surface area contributed by atoms with E-state index in [0.717, 1.165) is 5.56 Å². The van der Waals surface area contributed by atoms with E-state index in [2.05, 4.69) is 4.98 Å². The van der Waals surface area contributed by atoms with Crippen LogP contribution in [0.2, 0.25) is 0 Å². The first kappa shape index (κ1) is 13.4. The van der Waals surface area contributed by atoms with Gasteiger partial charge in [0.1, 0.15) is 17.1 Å². The topological polar surface area (TPSA) is 51.6 Å². The molecule has 0 aliphatic rings. The summed E-state index contributed by atoms with van der Waals surface area (Å²) in [5, 5.41) is 10.7. The lowest BCUT2D eigenvalue weighted by Gasteiger charge is -2.24. The molecule has 0 saturated heterocycles. The predicted octanol–water partition coefficient (Wildman–Crippen LogP) is 2.35. The SMILES string of the molecule is COc1cccc(C(C)(O)c2cncc(OC)c2)c1. The molecule has 4 heteroatoms. The van der Waals surface area contributed by atoms with E-state index in [1.54, 1.807) is 45.7 Å². The van der Waals surface area contributed by atoms with E-state index in [-0.39, 0.29) is 0 Å². The lowest BCUT2D eigenvalue weighted by Crippen LogP contribution is -2.23. The number of rotatable bonds is 4. The molecule has 1 aromatic carbocycles. The molecule has 1 N–H and O–H groups in total. The van der Waals surface area contributed by atoms with Crippen LogP contribution in [0.25, 0.3) is 0 Å². The minimum absolute atomic E-state index is 0.612. The molecule has 0 radical (unpaired) electrons. The summed E-state index contributed by atoms with van der Waals surface area (Å²) in [4.78, 5) is 4.07. The van der Waals surface area contributed by atoms with Crippen molar-refractivity contribution in [2.24, 2.45) is 0 Å². The van der Waals surface area contributed by atoms with E-state index in [0.29, 0.717) is 17.1 Å². The summed E-state index contributed by atoms with van der Waals surface area (Å²) in [6, 6.07) is 9.10. The van der Waals surface area contributed by atoms with Gasteiger partial charge in [0.25, 0.3) is 0 Å². The number of methoxy groups -OCH3 is 2. The zero-order chi connectivity index (χ0) is 13.9. The molecular formula is C15H17NO3. The minimum Gasteiger partial charge on any atom is -0.497 e. The maximum absolute atomic E-state index is 10.7. The van der Waals surface area contributed by atoms with Crippen molar-refractivity contribution in [3.8, 4) is 11.5 Å². The second kappa shape index (κ2) is 5.28. The van der Waals surface area contributed by atoms with Crippen LogP contribution in [0.5, 0.6) is 11.5 Å². The highest BCUT2D eigenvalue weighted by Gasteiger charge is 2.26. The van der Waals surface area contributed by atoms with Crippen molar-refractivity contribution >= 4 is 0 Å². The molecule has 1 aromatic heterocycles. The van der Waals surface area contributed by atoms with Crippen LogP contribution in [-0.4, -0.2) is 24.3 Å². The van der Waals surface area contributed by atoms with Gasteiger partial charge < -0.3 is 14.6 Å². The van der Waals surface area contributed by atoms with Crippen LogP contribution in [0, 0.1) is 0 Å². The van der Waals surface area contributed by atoms with Gasteiger partial charge in [0, 0.05) is 11.8 Å². The van der Waals surface area contributed by atoms with Crippen LogP contribution in [0.1, 0.15) is 18.1 Å². The van der Waals surface area contributed by atoms with Crippen LogP contribution < -0.4 is 9.47 Å². The highest BCUT2D eigenvalue weighted by atomic mass is 16.5. The predicted molar refractivity (Wildman–Crippen MR) is 72.5 cm³/mol. The summed E-state index contributed by atoms with van der Waals surface area (Å²) in [5.74, 6) is 1.31. The highest BCUT2D eigenvalue weighted by Crippen LogP contribution is 2.32. The summed E-state index contributed by atoms with van der Waals surface area (Å²) in [6.45, 7) is 1.72. The van der Waals surface area contributed by atoms with Gasteiger partial charge in [0.2, 0.25) is 0 Å². The fraction of sp³-hybridized carbons (Fsp3) is 0.267. The Morgan fingerprint density at radius 1 is 1.00 bits per heavy atom. The maximum atomic E-state index is 10.7. The molecule has 2 rings (SSSR count). The molecule has 2 aromatic rings. The molecule has 0 aliphatic carbocycles. The minimum atomic E-state index is -1.16. The standard InChI is InChI=1S/C15H17NO3/c1-15(17,11-5-4-6-13(7-11)18-2)12-8-14(19-3)10-16-9-12/h4-10,17H,1-3H3. The van der Waals surface area contributed by atoms with E-state index >= 15 is 0 Å². The Hall–Kier alpha value is -2.07. The Morgan fingerprint density at radius 2 is 1.68 bits per heavy atom. The van der Waals surface area contributed by atoms with Gasteiger partial charge in [-0.2, -0.15) is 0 Å². The third kappa shape index (κ3) is 2.69. The molecule has 19 heavy (non-hydrogen) atoms. The van der Waals surface area contributed by atoms with Crippen LogP contribution in [-0.2, 0) is 5.60 Å². The summed E-state index contributed by atoms with van der Waals surface area (Å²) in [6.07, 6.45) is 3.23. The van der Waals surface area contributed by atoms with Gasteiger partial charge in [-0.3, -0.25) is 4.98 Å². The second-order valence-corrected chi connectivity index (χ2v) is 4.42. The molecular weight excluding hydrogens is 242 g/mol. The van der Waals surface area contributed by atoms with Crippen LogP contribution in [0.15, 0.2) is 42.7 Å². The fourth-order valence-corrected chi connectivity index (χ4v) is 1.89. The third-order valence-corrected chi connectivity index (χ3v) is 3.14. The van der Waals surface area contributed by atoms with Crippen molar-refractivity contribution in [3.05, 3.63) is 53.9 Å². The molecule has 4 nitrogen and oxygen atoms in total. The lowest BCUT2D eigenvalue weighted by molar-refractivity contribution is 0.101. The number of hydrogen-bond donors (Lipinski definition) is 1. The molecule has 100 valence electrons. The Morgan fingerprint density at radius 3 is 2.37 bits per heavy atom. The van der Waals surface area contributed by atoms with E-state index in [1.165, 1.54) is 0 Å². The Bertz CT molecular complexity index is 517. The number of pyridine rings is 1. The normalized spacial score (nSPS) is 13.7. The van der Waals surface area contributed by atoms with Crippen molar-refractivity contribution in [2.75, 3.05) is 14.2 Å². The van der Waals surface area contributed by atoms with Crippen LogP contribution in [0.4, 0.5) is 0 Å². The van der Waals surface area contributed by atoms with Gasteiger partial charge in [-0.25, -0.2) is 0 Å². The summed E-state index contributed by atoms with van der Waals surface area (Å²) >= 11 is 0. The maximum Gasteiger partial charge on any atom is 0.137 e. The highest BCUT2D eigenvalue weighted by molar-refractivity contribution is 5.40.